The van der Waals surface area contributed by atoms with E-state index in [0.717, 1.165) is 5.56 Å². The van der Waals surface area contributed by atoms with Crippen molar-refractivity contribution in [1.29, 1.82) is 0 Å². The van der Waals surface area contributed by atoms with Crippen LogP contribution in [0, 0.1) is 0 Å². The topological polar surface area (TPSA) is 43.1 Å². The highest BCUT2D eigenvalue weighted by molar-refractivity contribution is 5.79. The minimum Gasteiger partial charge on any atom is -0.208 e. The lowest BCUT2D eigenvalue weighted by atomic mass is 10.0. The lowest BCUT2D eigenvalue weighted by Crippen LogP contribution is -1.90. The van der Waals surface area contributed by atoms with E-state index in [1.54, 1.807) is 23.5 Å². The molecule has 4 heteroatoms. The Balaban J connectivity index is 2.11. The van der Waals surface area contributed by atoms with Crippen LogP contribution in [0.5, 0.6) is 0 Å². The van der Waals surface area contributed by atoms with Crippen LogP contribution in [0.2, 0.25) is 0 Å². The van der Waals surface area contributed by atoms with E-state index >= 15 is 0 Å². The van der Waals surface area contributed by atoms with Crippen molar-refractivity contribution in [2.45, 2.75) is 19.8 Å². The molecule has 0 aliphatic heterocycles. The summed E-state index contributed by atoms with van der Waals surface area (Å²) >= 11 is 0. The standard InChI is InChI=1S/C12H14N4/c1-10(2)12-5-3-11(4-6-12)7-15-16-8-13-14-9-16/h3-10H,1-2H3/b15-7-. The molecule has 0 atom stereocenters. The number of nitrogens with zero attached hydrogens (tertiary/aromatic N) is 4. The van der Waals surface area contributed by atoms with Crippen LogP contribution >= 0.6 is 0 Å². The van der Waals surface area contributed by atoms with Gasteiger partial charge in [0, 0.05) is 0 Å². The molecule has 0 N–H and O–H groups in total. The minimum absolute atomic E-state index is 0.559. The van der Waals surface area contributed by atoms with Gasteiger partial charge in [0.05, 0.1) is 6.21 Å². The molecule has 0 amide bonds. The van der Waals surface area contributed by atoms with Gasteiger partial charge in [-0.15, -0.1) is 10.2 Å². The SMILES string of the molecule is CC(C)c1ccc(/C=N\n2cnnc2)cc1. The largest absolute Gasteiger partial charge is 0.208 e. The summed E-state index contributed by atoms with van der Waals surface area (Å²) in [5.74, 6) is 0.559. The zero-order valence-electron chi connectivity index (χ0n) is 9.41. The molecular weight excluding hydrogens is 200 g/mol. The first-order valence-electron chi connectivity index (χ1n) is 5.24. The van der Waals surface area contributed by atoms with Crippen LogP contribution in [-0.2, 0) is 0 Å². The van der Waals surface area contributed by atoms with E-state index in [2.05, 4.69) is 53.4 Å². The van der Waals surface area contributed by atoms with E-state index < -0.39 is 0 Å². The van der Waals surface area contributed by atoms with Crippen molar-refractivity contribution in [3.05, 3.63) is 48.0 Å². The molecule has 0 aliphatic rings. The second-order valence-corrected chi connectivity index (χ2v) is 3.91. The molecule has 82 valence electrons. The molecule has 0 saturated carbocycles. The average molecular weight is 214 g/mol. The minimum atomic E-state index is 0.559. The normalized spacial score (nSPS) is 11.4. The van der Waals surface area contributed by atoms with Crippen molar-refractivity contribution >= 4 is 6.21 Å². The first-order chi connectivity index (χ1) is 7.75. The Hall–Kier alpha value is -1.97. The average Bonchev–Trinajstić information content (AvgIpc) is 2.80. The lowest BCUT2D eigenvalue weighted by molar-refractivity contribution is 0.866. The molecule has 1 aromatic heterocycles. The van der Waals surface area contributed by atoms with Gasteiger partial charge in [0.1, 0.15) is 12.7 Å². The summed E-state index contributed by atoms with van der Waals surface area (Å²) in [6, 6.07) is 8.36. The van der Waals surface area contributed by atoms with Crippen molar-refractivity contribution in [3.8, 4) is 0 Å². The number of benzene rings is 1. The molecule has 0 spiro atoms. The first kappa shape index (κ1) is 10.5. The number of aromatic nitrogens is 3. The van der Waals surface area contributed by atoms with Gasteiger partial charge in [0.2, 0.25) is 0 Å². The molecule has 2 aromatic rings. The number of hydrogen-bond donors (Lipinski definition) is 0. The van der Waals surface area contributed by atoms with Crippen molar-refractivity contribution in [3.63, 3.8) is 0 Å². The fraction of sp³-hybridized carbons (Fsp3) is 0.250. The lowest BCUT2D eigenvalue weighted by Gasteiger charge is -2.04. The van der Waals surface area contributed by atoms with Gasteiger partial charge in [-0.25, -0.2) is 4.68 Å². The number of hydrogen-bond acceptors (Lipinski definition) is 3. The summed E-state index contributed by atoms with van der Waals surface area (Å²) in [5, 5.41) is 11.5. The molecule has 4 nitrogen and oxygen atoms in total. The summed E-state index contributed by atoms with van der Waals surface area (Å²) in [4.78, 5) is 0. The molecular formula is C12H14N4. The van der Waals surface area contributed by atoms with Gasteiger partial charge < -0.3 is 0 Å². The molecule has 0 unspecified atom stereocenters. The van der Waals surface area contributed by atoms with Gasteiger partial charge in [-0.05, 0) is 17.0 Å². The third-order valence-electron chi connectivity index (χ3n) is 2.35. The van der Waals surface area contributed by atoms with Crippen LogP contribution in [0.3, 0.4) is 0 Å². The second kappa shape index (κ2) is 4.70. The first-order valence-corrected chi connectivity index (χ1v) is 5.24. The van der Waals surface area contributed by atoms with E-state index in [-0.39, 0.29) is 0 Å². The van der Waals surface area contributed by atoms with Crippen LogP contribution in [0.1, 0.15) is 30.9 Å². The maximum absolute atomic E-state index is 4.18. The van der Waals surface area contributed by atoms with Crippen molar-refractivity contribution in [2.75, 3.05) is 0 Å². The summed E-state index contributed by atoms with van der Waals surface area (Å²) in [7, 11) is 0. The second-order valence-electron chi connectivity index (χ2n) is 3.91. The zero-order chi connectivity index (χ0) is 11.4. The molecule has 16 heavy (non-hydrogen) atoms. The van der Waals surface area contributed by atoms with Gasteiger partial charge in [-0.2, -0.15) is 5.10 Å². The Morgan fingerprint density at radius 1 is 1.12 bits per heavy atom. The molecule has 0 aliphatic carbocycles. The van der Waals surface area contributed by atoms with Crippen molar-refractivity contribution in [1.82, 2.24) is 14.9 Å². The summed E-state index contributed by atoms with van der Waals surface area (Å²) < 4.78 is 1.57. The van der Waals surface area contributed by atoms with Gasteiger partial charge in [-0.3, -0.25) is 0 Å². The van der Waals surface area contributed by atoms with Crippen LogP contribution in [-0.4, -0.2) is 21.1 Å². The van der Waals surface area contributed by atoms with Crippen LogP contribution in [0.4, 0.5) is 0 Å². The highest BCUT2D eigenvalue weighted by Gasteiger charge is 1.97. The zero-order valence-corrected chi connectivity index (χ0v) is 9.41. The Kier molecular flexibility index (Phi) is 3.10. The van der Waals surface area contributed by atoms with Gasteiger partial charge in [-0.1, -0.05) is 38.1 Å². The summed E-state index contributed by atoms with van der Waals surface area (Å²) in [5.41, 5.74) is 2.40. The molecule has 1 heterocycles. The Morgan fingerprint density at radius 3 is 2.31 bits per heavy atom. The highest BCUT2D eigenvalue weighted by Crippen LogP contribution is 2.13. The smallest absolute Gasteiger partial charge is 0.141 e. The van der Waals surface area contributed by atoms with Gasteiger partial charge in [0.25, 0.3) is 0 Å². The fourth-order valence-electron chi connectivity index (χ4n) is 1.36. The molecule has 1 aromatic carbocycles. The molecule has 0 saturated heterocycles. The Bertz CT molecular complexity index is 454. The van der Waals surface area contributed by atoms with E-state index in [0.29, 0.717) is 5.92 Å². The third-order valence-corrected chi connectivity index (χ3v) is 2.35. The Morgan fingerprint density at radius 2 is 1.75 bits per heavy atom. The highest BCUT2D eigenvalue weighted by atomic mass is 15.4. The van der Waals surface area contributed by atoms with Crippen LogP contribution in [0.15, 0.2) is 42.0 Å². The maximum Gasteiger partial charge on any atom is 0.141 e. The van der Waals surface area contributed by atoms with Gasteiger partial charge >= 0.3 is 0 Å². The summed E-state index contributed by atoms with van der Waals surface area (Å²) in [6.07, 6.45) is 4.89. The monoisotopic (exact) mass is 214 g/mol. The quantitative estimate of drug-likeness (QED) is 0.736. The van der Waals surface area contributed by atoms with Gasteiger partial charge in [0.15, 0.2) is 0 Å². The predicted molar refractivity (Wildman–Crippen MR) is 63.5 cm³/mol. The van der Waals surface area contributed by atoms with Crippen LogP contribution in [0.25, 0.3) is 0 Å². The maximum atomic E-state index is 4.18. The van der Waals surface area contributed by atoms with E-state index in [4.69, 9.17) is 0 Å². The Labute approximate surface area is 94.6 Å². The number of rotatable bonds is 3. The van der Waals surface area contributed by atoms with E-state index in [9.17, 15) is 0 Å². The molecule has 0 bridgehead atoms. The predicted octanol–water partition coefficient (Wildman–Crippen LogP) is 2.28. The molecule has 0 fully saturated rings. The van der Waals surface area contributed by atoms with Crippen molar-refractivity contribution in [2.24, 2.45) is 5.10 Å². The molecule has 2 rings (SSSR count). The van der Waals surface area contributed by atoms with E-state index in [1.807, 2.05) is 0 Å². The molecule has 0 radical (unpaired) electrons. The van der Waals surface area contributed by atoms with Crippen molar-refractivity contribution < 1.29 is 0 Å². The third kappa shape index (κ3) is 2.53. The summed E-state index contributed by atoms with van der Waals surface area (Å²) in [6.45, 7) is 4.36. The van der Waals surface area contributed by atoms with Crippen LogP contribution < -0.4 is 0 Å². The van der Waals surface area contributed by atoms with E-state index in [1.165, 1.54) is 5.56 Å². The fourth-order valence-corrected chi connectivity index (χ4v) is 1.36.